The number of benzene rings is 1. The third kappa shape index (κ3) is 4.83. The van der Waals surface area contributed by atoms with E-state index in [0.717, 1.165) is 12.8 Å². The molecule has 1 saturated carbocycles. The van der Waals surface area contributed by atoms with Gasteiger partial charge in [-0.2, -0.15) is 0 Å². The molecule has 11 heteroatoms. The Bertz CT molecular complexity index is 1290. The molecule has 2 N–H and O–H groups in total. The van der Waals surface area contributed by atoms with E-state index in [-0.39, 0.29) is 30.2 Å². The van der Waals surface area contributed by atoms with Crippen molar-refractivity contribution >= 4 is 22.8 Å². The zero-order valence-corrected chi connectivity index (χ0v) is 20.2. The molecule has 2 amide bonds. The maximum absolute atomic E-state index is 14.7. The van der Waals surface area contributed by atoms with Crippen LogP contribution < -0.4 is 14.8 Å². The van der Waals surface area contributed by atoms with Crippen molar-refractivity contribution in [1.29, 1.82) is 0 Å². The molecule has 0 spiro atoms. The van der Waals surface area contributed by atoms with Crippen molar-refractivity contribution in [2.45, 2.75) is 25.3 Å². The van der Waals surface area contributed by atoms with Gasteiger partial charge >= 0.3 is 0 Å². The fourth-order valence-corrected chi connectivity index (χ4v) is 4.39. The molecular formula is C25H28FN5O5. The normalized spacial score (nSPS) is 17.4. The van der Waals surface area contributed by atoms with Crippen LogP contribution in [0.4, 0.5) is 4.39 Å². The van der Waals surface area contributed by atoms with Crippen LogP contribution in [-0.2, 0) is 9.53 Å². The molecule has 2 fully saturated rings. The number of likely N-dealkylation sites (tertiary alicyclic amines) is 1. The maximum atomic E-state index is 14.7. The Morgan fingerprint density at radius 2 is 2.03 bits per heavy atom. The number of aromatic nitrogens is 3. The van der Waals surface area contributed by atoms with E-state index < -0.39 is 5.82 Å². The van der Waals surface area contributed by atoms with Crippen LogP contribution in [-0.4, -0.2) is 78.2 Å². The Kier molecular flexibility index (Phi) is 6.73. The zero-order chi connectivity index (χ0) is 25.2. The molecule has 1 atom stereocenters. The van der Waals surface area contributed by atoms with E-state index in [9.17, 15) is 14.0 Å². The van der Waals surface area contributed by atoms with Crippen LogP contribution >= 0.6 is 0 Å². The molecule has 3 heterocycles. The molecule has 190 valence electrons. The van der Waals surface area contributed by atoms with Crippen LogP contribution in [0.5, 0.6) is 11.5 Å². The number of aromatic amines is 1. The number of H-pyrrole nitrogens is 1. The number of amides is 2. The minimum absolute atomic E-state index is 0.0150. The second-order valence-electron chi connectivity index (χ2n) is 9.12. The number of hydrogen-bond acceptors (Lipinski definition) is 7. The third-order valence-electron chi connectivity index (χ3n) is 6.53. The van der Waals surface area contributed by atoms with Crippen molar-refractivity contribution in [3.05, 3.63) is 36.0 Å². The Hall–Kier alpha value is -3.73. The lowest BCUT2D eigenvalue weighted by molar-refractivity contribution is -0.134. The summed E-state index contributed by atoms with van der Waals surface area (Å²) < 4.78 is 30.8. The van der Waals surface area contributed by atoms with Gasteiger partial charge in [-0.15, -0.1) is 0 Å². The van der Waals surface area contributed by atoms with Gasteiger partial charge in [-0.25, -0.2) is 14.4 Å². The largest absolute Gasteiger partial charge is 0.494 e. The van der Waals surface area contributed by atoms with E-state index in [0.29, 0.717) is 65.6 Å². The van der Waals surface area contributed by atoms with Crippen LogP contribution in [0.3, 0.4) is 0 Å². The summed E-state index contributed by atoms with van der Waals surface area (Å²) >= 11 is 0. The molecule has 0 radical (unpaired) electrons. The van der Waals surface area contributed by atoms with Crippen molar-refractivity contribution in [3.63, 3.8) is 0 Å². The lowest BCUT2D eigenvalue weighted by atomic mass is 10.1. The van der Waals surface area contributed by atoms with Gasteiger partial charge in [0.15, 0.2) is 11.6 Å². The predicted octanol–water partition coefficient (Wildman–Crippen LogP) is 2.54. The van der Waals surface area contributed by atoms with Gasteiger partial charge in [0.25, 0.3) is 5.91 Å². The monoisotopic (exact) mass is 497 g/mol. The number of hydrogen-bond donors (Lipinski definition) is 2. The number of methoxy groups -OCH3 is 2. The summed E-state index contributed by atoms with van der Waals surface area (Å²) in [6.07, 6.45) is 5.78. The van der Waals surface area contributed by atoms with E-state index in [4.69, 9.17) is 14.2 Å². The van der Waals surface area contributed by atoms with Gasteiger partial charge in [0, 0.05) is 44.1 Å². The average Bonchev–Trinajstić information content (AvgIpc) is 3.41. The summed E-state index contributed by atoms with van der Waals surface area (Å²) in [5, 5.41) is 2.98. The lowest BCUT2D eigenvalue weighted by Gasteiger charge is -2.16. The topological polar surface area (TPSA) is 119 Å². The smallest absolute Gasteiger partial charge is 0.255 e. The Morgan fingerprint density at radius 3 is 2.78 bits per heavy atom. The fourth-order valence-electron chi connectivity index (χ4n) is 4.39. The Labute approximate surface area is 207 Å². The van der Waals surface area contributed by atoms with Gasteiger partial charge in [-0.3, -0.25) is 9.59 Å². The van der Waals surface area contributed by atoms with Gasteiger partial charge in [0.05, 0.1) is 24.8 Å². The molecule has 10 nitrogen and oxygen atoms in total. The zero-order valence-electron chi connectivity index (χ0n) is 20.2. The highest BCUT2D eigenvalue weighted by atomic mass is 19.1. The SMILES string of the molecule is COCC(=O)N1CC[C@@H](NC(=O)c2c[nH]c3c(-c4cc(F)c(OC)cc4OCC4CC4)ncnc23)C1. The maximum Gasteiger partial charge on any atom is 0.255 e. The van der Waals surface area contributed by atoms with E-state index in [1.54, 1.807) is 11.1 Å². The van der Waals surface area contributed by atoms with E-state index in [1.807, 2.05) is 0 Å². The highest BCUT2D eigenvalue weighted by Crippen LogP contribution is 2.39. The van der Waals surface area contributed by atoms with E-state index >= 15 is 0 Å². The van der Waals surface area contributed by atoms with Gasteiger partial charge in [0.2, 0.25) is 5.91 Å². The number of fused-ring (bicyclic) bond motifs is 1. The molecule has 3 aromatic rings. The van der Waals surface area contributed by atoms with Crippen molar-refractivity contribution in [3.8, 4) is 22.8 Å². The first-order valence-electron chi connectivity index (χ1n) is 11.9. The number of carbonyl (C=O) groups is 2. The van der Waals surface area contributed by atoms with Crippen LogP contribution in [0.15, 0.2) is 24.7 Å². The van der Waals surface area contributed by atoms with Crippen molar-refractivity contribution in [2.75, 3.05) is 40.5 Å². The molecule has 1 aliphatic heterocycles. The second-order valence-corrected chi connectivity index (χ2v) is 9.12. The van der Waals surface area contributed by atoms with Gasteiger partial charge in [-0.05, 0) is 31.2 Å². The summed E-state index contributed by atoms with van der Waals surface area (Å²) in [7, 11) is 2.88. The highest BCUT2D eigenvalue weighted by molar-refractivity contribution is 6.08. The summed E-state index contributed by atoms with van der Waals surface area (Å²) in [5.41, 5.74) is 2.10. The van der Waals surface area contributed by atoms with Crippen LogP contribution in [0.2, 0.25) is 0 Å². The van der Waals surface area contributed by atoms with Crippen LogP contribution in [0.1, 0.15) is 29.6 Å². The first-order valence-corrected chi connectivity index (χ1v) is 11.9. The van der Waals surface area contributed by atoms with Crippen molar-refractivity contribution in [1.82, 2.24) is 25.2 Å². The molecule has 36 heavy (non-hydrogen) atoms. The summed E-state index contributed by atoms with van der Waals surface area (Å²) in [5.74, 6) is 0.0597. The average molecular weight is 498 g/mol. The number of rotatable bonds is 9. The van der Waals surface area contributed by atoms with E-state index in [1.165, 1.54) is 32.7 Å². The summed E-state index contributed by atoms with van der Waals surface area (Å²) in [6.45, 7) is 1.52. The quantitative estimate of drug-likeness (QED) is 0.466. The fraction of sp³-hybridized carbons (Fsp3) is 0.440. The summed E-state index contributed by atoms with van der Waals surface area (Å²) in [4.78, 5) is 38.6. The molecule has 1 saturated heterocycles. The number of nitrogens with one attached hydrogen (secondary N) is 2. The molecule has 2 aromatic heterocycles. The van der Waals surface area contributed by atoms with Crippen LogP contribution in [0.25, 0.3) is 22.3 Å². The molecule has 0 unspecified atom stereocenters. The van der Waals surface area contributed by atoms with Gasteiger partial charge < -0.3 is 29.4 Å². The first-order chi connectivity index (χ1) is 17.5. The molecule has 1 aliphatic carbocycles. The molecule has 0 bridgehead atoms. The minimum Gasteiger partial charge on any atom is -0.494 e. The van der Waals surface area contributed by atoms with Crippen molar-refractivity contribution in [2.24, 2.45) is 5.92 Å². The van der Waals surface area contributed by atoms with Gasteiger partial charge in [-0.1, -0.05) is 0 Å². The van der Waals surface area contributed by atoms with Crippen LogP contribution in [0, 0.1) is 11.7 Å². The lowest BCUT2D eigenvalue weighted by Crippen LogP contribution is -2.39. The number of ether oxygens (including phenoxy) is 3. The summed E-state index contributed by atoms with van der Waals surface area (Å²) in [6, 6.07) is 2.67. The molecule has 1 aromatic carbocycles. The predicted molar refractivity (Wildman–Crippen MR) is 128 cm³/mol. The number of carbonyl (C=O) groups excluding carboxylic acids is 2. The van der Waals surface area contributed by atoms with E-state index in [2.05, 4.69) is 20.3 Å². The van der Waals surface area contributed by atoms with Crippen molar-refractivity contribution < 1.29 is 28.2 Å². The molecule has 5 rings (SSSR count). The van der Waals surface area contributed by atoms with Gasteiger partial charge in [0.1, 0.15) is 29.9 Å². The molecule has 2 aliphatic rings. The molecular weight excluding hydrogens is 469 g/mol. The number of halogens is 1. The highest BCUT2D eigenvalue weighted by Gasteiger charge is 2.29. The minimum atomic E-state index is -0.545. The second kappa shape index (κ2) is 10.1. The Balaban J connectivity index is 1.41. The standard InChI is InChI=1S/C25H28FN5O5/c1-34-12-21(32)31-6-5-15(10-31)30-25(33)17-9-27-24-22(28-13-29-23(17)24)16-7-18(26)20(35-2)8-19(16)36-11-14-3-4-14/h7-9,13-15,27H,3-6,10-12H2,1-2H3,(H,30,33)/t15-/m1/s1. The third-order valence-corrected chi connectivity index (χ3v) is 6.53. The first kappa shape index (κ1) is 24.0. The number of nitrogens with zero attached hydrogens (tertiary/aromatic N) is 3. The Morgan fingerprint density at radius 1 is 1.19 bits per heavy atom.